The lowest BCUT2D eigenvalue weighted by atomic mass is 10.1. The van der Waals surface area contributed by atoms with Gasteiger partial charge in [-0.05, 0) is 12.5 Å². The van der Waals surface area contributed by atoms with Gasteiger partial charge in [0, 0.05) is 12.1 Å². The number of aliphatic imine (C=N–C) groups is 1. The minimum atomic E-state index is 0.123. The highest BCUT2D eigenvalue weighted by Crippen LogP contribution is 2.29. The highest BCUT2D eigenvalue weighted by molar-refractivity contribution is 5.77. The first-order valence-corrected chi connectivity index (χ1v) is 8.07. The summed E-state index contributed by atoms with van der Waals surface area (Å²) in [6.07, 6.45) is 7.51. The Labute approximate surface area is 133 Å². The molecule has 0 aliphatic rings. The van der Waals surface area contributed by atoms with E-state index in [4.69, 9.17) is 10.5 Å². The third-order valence-corrected chi connectivity index (χ3v) is 3.56. The molecule has 0 spiro atoms. The molecule has 1 aromatic rings. The van der Waals surface area contributed by atoms with Gasteiger partial charge in [-0.15, -0.1) is 0 Å². The van der Waals surface area contributed by atoms with Gasteiger partial charge in [-0.1, -0.05) is 51.2 Å². The Hall–Kier alpha value is -1.91. The molecule has 0 aromatic heterocycles. The van der Waals surface area contributed by atoms with Crippen LogP contribution >= 0.6 is 0 Å². The van der Waals surface area contributed by atoms with E-state index in [0.717, 1.165) is 13.0 Å². The molecule has 1 rings (SSSR count). The molecule has 1 aromatic carbocycles. The number of nitrogens with one attached hydrogen (secondary N) is 1. The lowest BCUT2D eigenvalue weighted by Crippen LogP contribution is -2.32. The standard InChI is InChI=1S/C17H29N3O2/c1-3-4-5-6-7-8-12-19-17(18)20-13-14-10-9-11-15(22-2)16(14)21/h9-11,21H,3-8,12-13H2,1-2H3,(H3,18,19,20). The molecule has 0 heterocycles. The monoisotopic (exact) mass is 307 g/mol. The number of aromatic hydroxyl groups is 1. The fourth-order valence-corrected chi connectivity index (χ4v) is 2.21. The fourth-order valence-electron chi connectivity index (χ4n) is 2.21. The summed E-state index contributed by atoms with van der Waals surface area (Å²) in [7, 11) is 1.53. The van der Waals surface area contributed by atoms with Gasteiger partial charge in [-0.2, -0.15) is 0 Å². The number of guanidine groups is 1. The number of benzene rings is 1. The summed E-state index contributed by atoms with van der Waals surface area (Å²) in [6, 6.07) is 5.34. The number of nitrogens with two attached hydrogens (primary N) is 1. The summed E-state index contributed by atoms with van der Waals surface area (Å²) in [5.41, 5.74) is 6.53. The predicted molar refractivity (Wildman–Crippen MR) is 91.4 cm³/mol. The van der Waals surface area contributed by atoms with Crippen molar-refractivity contribution in [1.29, 1.82) is 0 Å². The van der Waals surface area contributed by atoms with Crippen molar-refractivity contribution < 1.29 is 9.84 Å². The first-order chi connectivity index (χ1) is 10.7. The third kappa shape index (κ3) is 6.70. The van der Waals surface area contributed by atoms with Gasteiger partial charge >= 0.3 is 0 Å². The van der Waals surface area contributed by atoms with Gasteiger partial charge in [0.15, 0.2) is 17.5 Å². The largest absolute Gasteiger partial charge is 0.504 e. The van der Waals surface area contributed by atoms with Crippen molar-refractivity contribution in [2.45, 2.75) is 52.0 Å². The Balaban J connectivity index is 2.28. The maximum absolute atomic E-state index is 9.96. The number of phenols is 1. The molecule has 124 valence electrons. The third-order valence-electron chi connectivity index (χ3n) is 3.56. The molecule has 0 fully saturated rings. The Morgan fingerprint density at radius 3 is 2.68 bits per heavy atom. The zero-order valence-electron chi connectivity index (χ0n) is 13.8. The molecule has 0 saturated heterocycles. The summed E-state index contributed by atoms with van der Waals surface area (Å²) in [6.45, 7) is 3.39. The number of para-hydroxylation sites is 1. The van der Waals surface area contributed by atoms with Crippen molar-refractivity contribution in [2.24, 2.45) is 10.7 Å². The van der Waals surface area contributed by atoms with Crippen molar-refractivity contribution in [1.82, 2.24) is 5.32 Å². The van der Waals surface area contributed by atoms with E-state index in [2.05, 4.69) is 17.2 Å². The quantitative estimate of drug-likeness (QED) is 0.352. The maximum atomic E-state index is 9.96. The van der Waals surface area contributed by atoms with Crippen LogP contribution < -0.4 is 15.8 Å². The van der Waals surface area contributed by atoms with Crippen molar-refractivity contribution in [2.75, 3.05) is 13.7 Å². The minimum absolute atomic E-state index is 0.123. The Morgan fingerprint density at radius 2 is 1.95 bits per heavy atom. The number of phenolic OH excluding ortho intramolecular Hbond substituents is 1. The van der Waals surface area contributed by atoms with E-state index in [-0.39, 0.29) is 5.75 Å². The summed E-state index contributed by atoms with van der Waals surface area (Å²) < 4.78 is 5.07. The highest BCUT2D eigenvalue weighted by Gasteiger charge is 2.06. The van der Waals surface area contributed by atoms with Crippen molar-refractivity contribution >= 4 is 5.96 Å². The van der Waals surface area contributed by atoms with Crippen LogP contribution in [0.3, 0.4) is 0 Å². The second kappa shape index (κ2) is 10.8. The Kier molecular flexibility index (Phi) is 8.88. The van der Waals surface area contributed by atoms with Gasteiger partial charge in [0.05, 0.1) is 13.7 Å². The fraction of sp³-hybridized carbons (Fsp3) is 0.588. The van der Waals surface area contributed by atoms with Crippen LogP contribution in [-0.4, -0.2) is 24.7 Å². The molecular formula is C17H29N3O2. The van der Waals surface area contributed by atoms with Crippen molar-refractivity contribution in [3.05, 3.63) is 23.8 Å². The van der Waals surface area contributed by atoms with E-state index in [9.17, 15) is 5.11 Å². The number of hydrogen-bond acceptors (Lipinski definition) is 3. The van der Waals surface area contributed by atoms with E-state index in [1.807, 2.05) is 12.1 Å². The molecule has 0 atom stereocenters. The normalized spacial score (nSPS) is 11.5. The predicted octanol–water partition coefficient (Wildman–Crippen LogP) is 3.17. The number of rotatable bonds is 10. The summed E-state index contributed by atoms with van der Waals surface area (Å²) in [5, 5.41) is 13.1. The van der Waals surface area contributed by atoms with Crippen LogP contribution in [-0.2, 0) is 6.54 Å². The maximum Gasteiger partial charge on any atom is 0.188 e. The van der Waals surface area contributed by atoms with E-state index in [1.165, 1.54) is 39.2 Å². The van der Waals surface area contributed by atoms with Gasteiger partial charge in [0.1, 0.15) is 0 Å². The highest BCUT2D eigenvalue weighted by atomic mass is 16.5. The van der Waals surface area contributed by atoms with Crippen LogP contribution in [0.1, 0.15) is 51.0 Å². The molecule has 22 heavy (non-hydrogen) atoms. The zero-order valence-corrected chi connectivity index (χ0v) is 13.8. The van der Waals surface area contributed by atoms with E-state index in [0.29, 0.717) is 23.8 Å². The topological polar surface area (TPSA) is 79.9 Å². The van der Waals surface area contributed by atoms with Gasteiger partial charge < -0.3 is 20.9 Å². The summed E-state index contributed by atoms with van der Waals surface area (Å²) >= 11 is 0. The number of ether oxygens (including phenoxy) is 1. The molecule has 0 amide bonds. The average molecular weight is 307 g/mol. The molecule has 0 unspecified atom stereocenters. The number of unbranched alkanes of at least 4 members (excludes halogenated alkanes) is 5. The van der Waals surface area contributed by atoms with Gasteiger partial charge in [0.25, 0.3) is 0 Å². The number of nitrogens with zero attached hydrogens (tertiary/aromatic N) is 1. The van der Waals surface area contributed by atoms with Crippen LogP contribution in [0.4, 0.5) is 0 Å². The van der Waals surface area contributed by atoms with Crippen LogP contribution in [0.2, 0.25) is 0 Å². The van der Waals surface area contributed by atoms with Crippen LogP contribution in [0.25, 0.3) is 0 Å². The second-order valence-electron chi connectivity index (χ2n) is 5.36. The molecule has 0 saturated carbocycles. The smallest absolute Gasteiger partial charge is 0.188 e. The van der Waals surface area contributed by atoms with Gasteiger partial charge in [-0.3, -0.25) is 0 Å². The molecule has 0 radical (unpaired) electrons. The number of methoxy groups -OCH3 is 1. The first kappa shape index (κ1) is 18.1. The Bertz CT molecular complexity index is 461. The van der Waals surface area contributed by atoms with E-state index < -0.39 is 0 Å². The van der Waals surface area contributed by atoms with Crippen LogP contribution in [0, 0.1) is 0 Å². The SMILES string of the molecule is CCCCCCCCNC(N)=NCc1cccc(OC)c1O. The van der Waals surface area contributed by atoms with Crippen molar-refractivity contribution in [3.63, 3.8) is 0 Å². The lowest BCUT2D eigenvalue weighted by Gasteiger charge is -2.08. The average Bonchev–Trinajstić information content (AvgIpc) is 2.53. The molecule has 5 nitrogen and oxygen atoms in total. The second-order valence-corrected chi connectivity index (χ2v) is 5.36. The molecule has 0 bridgehead atoms. The molecule has 0 aliphatic carbocycles. The first-order valence-electron chi connectivity index (χ1n) is 8.07. The van der Waals surface area contributed by atoms with E-state index >= 15 is 0 Å². The zero-order chi connectivity index (χ0) is 16.2. The summed E-state index contributed by atoms with van der Waals surface area (Å²) in [4.78, 5) is 4.25. The van der Waals surface area contributed by atoms with Crippen LogP contribution in [0.5, 0.6) is 11.5 Å². The minimum Gasteiger partial charge on any atom is -0.504 e. The number of hydrogen-bond donors (Lipinski definition) is 3. The Morgan fingerprint density at radius 1 is 1.23 bits per heavy atom. The molecule has 0 aliphatic heterocycles. The van der Waals surface area contributed by atoms with E-state index in [1.54, 1.807) is 6.07 Å². The molecular weight excluding hydrogens is 278 g/mol. The molecule has 4 N–H and O–H groups in total. The van der Waals surface area contributed by atoms with Gasteiger partial charge in [0.2, 0.25) is 0 Å². The summed E-state index contributed by atoms with van der Waals surface area (Å²) in [5.74, 6) is 0.986. The van der Waals surface area contributed by atoms with Gasteiger partial charge in [-0.25, -0.2) is 4.99 Å². The lowest BCUT2D eigenvalue weighted by molar-refractivity contribution is 0.370. The van der Waals surface area contributed by atoms with Crippen molar-refractivity contribution in [3.8, 4) is 11.5 Å². The van der Waals surface area contributed by atoms with Crippen LogP contribution in [0.15, 0.2) is 23.2 Å². The molecule has 5 heteroatoms.